The van der Waals surface area contributed by atoms with E-state index < -0.39 is 12.0 Å². The lowest BCUT2D eigenvalue weighted by Gasteiger charge is -2.15. The molecule has 1 atom stereocenters. The van der Waals surface area contributed by atoms with Crippen LogP contribution in [0.25, 0.3) is 21.3 Å². The van der Waals surface area contributed by atoms with Gasteiger partial charge in [0.2, 0.25) is 5.91 Å². The van der Waals surface area contributed by atoms with Gasteiger partial charge in [0.05, 0.1) is 23.9 Å². The van der Waals surface area contributed by atoms with Gasteiger partial charge in [-0.2, -0.15) is 0 Å². The van der Waals surface area contributed by atoms with E-state index in [0.717, 1.165) is 16.0 Å². The molecule has 0 aliphatic heterocycles. The number of hydrogen-bond donors (Lipinski definition) is 1. The summed E-state index contributed by atoms with van der Waals surface area (Å²) in [4.78, 5) is 44.2. The van der Waals surface area contributed by atoms with Gasteiger partial charge in [0.15, 0.2) is 0 Å². The number of nitrogens with one attached hydrogen (secondary N) is 1. The van der Waals surface area contributed by atoms with Crippen LogP contribution >= 0.6 is 22.9 Å². The molecule has 0 unspecified atom stereocenters. The molecule has 0 fully saturated rings. The van der Waals surface area contributed by atoms with Gasteiger partial charge in [-0.05, 0) is 62.7 Å². The normalized spacial score (nSPS) is 11.9. The van der Waals surface area contributed by atoms with Crippen LogP contribution < -0.4 is 10.9 Å². The highest BCUT2D eigenvalue weighted by Gasteiger charge is 2.22. The van der Waals surface area contributed by atoms with Crippen molar-refractivity contribution in [1.29, 1.82) is 0 Å². The summed E-state index contributed by atoms with van der Waals surface area (Å²) in [5, 5.41) is 3.87. The lowest BCUT2D eigenvalue weighted by atomic mass is 10.0. The standard InChI is InChI=1S/C25H22ClN3O4S/c1-4-33-25(32)17-7-11-19(12-8-17)28-22(30)14(2)29-13-27-23-21(24(29)31)20(15(3)34-23)16-5-9-18(26)10-6-16/h5-14H,4H2,1-3H3,(H,28,30)/t14-/m1/s1. The van der Waals surface area contributed by atoms with Gasteiger partial charge >= 0.3 is 5.97 Å². The number of esters is 1. The van der Waals surface area contributed by atoms with Crippen molar-refractivity contribution in [3.05, 3.63) is 80.7 Å². The highest BCUT2D eigenvalue weighted by Crippen LogP contribution is 2.36. The highest BCUT2D eigenvalue weighted by molar-refractivity contribution is 7.19. The van der Waals surface area contributed by atoms with Crippen molar-refractivity contribution in [2.45, 2.75) is 26.8 Å². The first-order chi connectivity index (χ1) is 16.3. The zero-order valence-electron chi connectivity index (χ0n) is 18.8. The Morgan fingerprint density at radius 2 is 1.82 bits per heavy atom. The molecule has 0 saturated carbocycles. The molecule has 0 aliphatic carbocycles. The van der Waals surface area contributed by atoms with Crippen LogP contribution in [0.15, 0.2) is 59.7 Å². The molecule has 34 heavy (non-hydrogen) atoms. The summed E-state index contributed by atoms with van der Waals surface area (Å²) < 4.78 is 6.29. The second kappa shape index (κ2) is 9.79. The van der Waals surface area contributed by atoms with Gasteiger partial charge in [0, 0.05) is 21.2 Å². The zero-order valence-corrected chi connectivity index (χ0v) is 20.4. The predicted octanol–water partition coefficient (Wildman–Crippen LogP) is 5.46. The lowest BCUT2D eigenvalue weighted by Crippen LogP contribution is -2.31. The molecule has 7 nitrogen and oxygen atoms in total. The minimum atomic E-state index is -0.813. The number of benzene rings is 2. The van der Waals surface area contributed by atoms with E-state index in [1.54, 1.807) is 50.2 Å². The summed E-state index contributed by atoms with van der Waals surface area (Å²) in [5.41, 5.74) is 2.26. The van der Waals surface area contributed by atoms with Crippen molar-refractivity contribution in [3.8, 4) is 11.1 Å². The van der Waals surface area contributed by atoms with Crippen molar-refractivity contribution < 1.29 is 14.3 Å². The van der Waals surface area contributed by atoms with Crippen LogP contribution in [0.1, 0.15) is 35.1 Å². The molecule has 1 amide bonds. The third-order valence-electron chi connectivity index (χ3n) is 5.41. The molecule has 0 bridgehead atoms. The van der Waals surface area contributed by atoms with Gasteiger partial charge in [-0.25, -0.2) is 9.78 Å². The second-order valence-electron chi connectivity index (χ2n) is 7.64. The number of halogens is 1. The Morgan fingerprint density at radius 1 is 1.15 bits per heavy atom. The van der Waals surface area contributed by atoms with E-state index in [4.69, 9.17) is 16.3 Å². The van der Waals surface area contributed by atoms with Gasteiger partial charge in [-0.3, -0.25) is 14.2 Å². The monoisotopic (exact) mass is 495 g/mol. The average Bonchev–Trinajstić information content (AvgIpc) is 3.16. The molecule has 4 aromatic rings. The van der Waals surface area contributed by atoms with Gasteiger partial charge in [0.25, 0.3) is 5.56 Å². The van der Waals surface area contributed by atoms with Crippen LogP contribution in [-0.2, 0) is 9.53 Å². The lowest BCUT2D eigenvalue weighted by molar-refractivity contribution is -0.118. The van der Waals surface area contributed by atoms with E-state index >= 15 is 0 Å². The average molecular weight is 496 g/mol. The van der Waals surface area contributed by atoms with Crippen LogP contribution in [0.3, 0.4) is 0 Å². The Balaban J connectivity index is 1.63. The summed E-state index contributed by atoms with van der Waals surface area (Å²) in [5.74, 6) is -0.811. The summed E-state index contributed by atoms with van der Waals surface area (Å²) in [7, 11) is 0. The Labute approximate surface area is 205 Å². The van der Waals surface area contributed by atoms with Gasteiger partial charge < -0.3 is 10.1 Å². The van der Waals surface area contributed by atoms with Crippen LogP contribution in [0.5, 0.6) is 0 Å². The van der Waals surface area contributed by atoms with Gasteiger partial charge in [-0.15, -0.1) is 11.3 Å². The summed E-state index contributed by atoms with van der Waals surface area (Å²) in [6.07, 6.45) is 1.40. The first-order valence-electron chi connectivity index (χ1n) is 10.6. The van der Waals surface area contributed by atoms with E-state index in [1.807, 2.05) is 19.1 Å². The number of ether oxygens (including phenoxy) is 1. The maximum absolute atomic E-state index is 13.5. The maximum Gasteiger partial charge on any atom is 0.338 e. The Hall–Kier alpha value is -3.49. The maximum atomic E-state index is 13.5. The Morgan fingerprint density at radius 3 is 2.47 bits per heavy atom. The van der Waals surface area contributed by atoms with Crippen molar-refractivity contribution in [2.24, 2.45) is 0 Å². The molecular weight excluding hydrogens is 474 g/mol. The predicted molar refractivity (Wildman–Crippen MR) is 135 cm³/mol. The van der Waals surface area contributed by atoms with Crippen LogP contribution in [0.4, 0.5) is 5.69 Å². The largest absolute Gasteiger partial charge is 0.462 e. The smallest absolute Gasteiger partial charge is 0.338 e. The number of fused-ring (bicyclic) bond motifs is 1. The zero-order chi connectivity index (χ0) is 24.4. The van der Waals surface area contributed by atoms with Gasteiger partial charge in [0.1, 0.15) is 10.9 Å². The quantitative estimate of drug-likeness (QED) is 0.358. The second-order valence-corrected chi connectivity index (χ2v) is 9.28. The number of amides is 1. The number of thiophene rings is 1. The number of nitrogens with zero attached hydrogens (tertiary/aromatic N) is 2. The fourth-order valence-corrected chi connectivity index (χ4v) is 4.76. The molecule has 0 aliphatic rings. The minimum absolute atomic E-state index is 0.283. The van der Waals surface area contributed by atoms with Crippen molar-refractivity contribution >= 4 is 50.7 Å². The number of aromatic nitrogens is 2. The minimum Gasteiger partial charge on any atom is -0.462 e. The SMILES string of the molecule is CCOC(=O)c1ccc(NC(=O)[C@@H](C)n2cnc3sc(C)c(-c4ccc(Cl)cc4)c3c2=O)cc1. The molecule has 0 spiro atoms. The van der Waals surface area contributed by atoms with E-state index in [9.17, 15) is 14.4 Å². The van der Waals surface area contributed by atoms with Crippen LogP contribution in [0, 0.1) is 6.92 Å². The van der Waals surface area contributed by atoms with Crippen molar-refractivity contribution in [2.75, 3.05) is 11.9 Å². The number of hydrogen-bond acceptors (Lipinski definition) is 6. The first-order valence-corrected chi connectivity index (χ1v) is 11.8. The number of rotatable bonds is 6. The third-order valence-corrected chi connectivity index (χ3v) is 6.67. The molecule has 0 saturated heterocycles. The number of carbonyl (C=O) groups excluding carboxylic acids is 2. The van der Waals surface area contributed by atoms with Crippen LogP contribution in [-0.4, -0.2) is 28.0 Å². The third kappa shape index (κ3) is 4.60. The fourth-order valence-electron chi connectivity index (χ4n) is 3.63. The molecular formula is C25H22ClN3O4S. The van der Waals surface area contributed by atoms with E-state index in [2.05, 4.69) is 10.3 Å². The van der Waals surface area contributed by atoms with E-state index in [-0.39, 0.29) is 18.1 Å². The first kappa shape index (κ1) is 23.7. The fraction of sp³-hybridized carbons (Fsp3) is 0.200. The van der Waals surface area contributed by atoms with Crippen molar-refractivity contribution in [3.63, 3.8) is 0 Å². The Bertz CT molecular complexity index is 1430. The molecule has 174 valence electrons. The van der Waals surface area contributed by atoms with Crippen LogP contribution in [0.2, 0.25) is 5.02 Å². The molecule has 2 heterocycles. The molecule has 2 aromatic carbocycles. The molecule has 2 aromatic heterocycles. The summed E-state index contributed by atoms with van der Waals surface area (Å²) in [6, 6.07) is 12.8. The van der Waals surface area contributed by atoms with E-state index in [1.165, 1.54) is 22.2 Å². The topological polar surface area (TPSA) is 90.3 Å². The highest BCUT2D eigenvalue weighted by atomic mass is 35.5. The summed E-state index contributed by atoms with van der Waals surface area (Å²) >= 11 is 7.46. The van der Waals surface area contributed by atoms with Gasteiger partial charge in [-0.1, -0.05) is 23.7 Å². The number of carbonyl (C=O) groups is 2. The van der Waals surface area contributed by atoms with E-state index in [0.29, 0.717) is 26.5 Å². The number of anilines is 1. The number of aryl methyl sites for hydroxylation is 1. The molecule has 0 radical (unpaired) electrons. The summed E-state index contributed by atoms with van der Waals surface area (Å²) in [6.45, 7) is 5.60. The molecule has 9 heteroatoms. The van der Waals surface area contributed by atoms with Crippen molar-refractivity contribution in [1.82, 2.24) is 9.55 Å². The molecule has 4 rings (SSSR count). The molecule has 1 N–H and O–H groups in total. The Kier molecular flexibility index (Phi) is 6.81.